The number of unbranched alkanes of at least 4 members (excludes halogenated alkanes) is 2. The summed E-state index contributed by atoms with van der Waals surface area (Å²) in [6.07, 6.45) is 4.18. The molecule has 0 aliphatic carbocycles. The molecule has 0 aromatic heterocycles. The molecule has 0 radical (unpaired) electrons. The quantitative estimate of drug-likeness (QED) is 0.381. The fraction of sp³-hybridized carbons (Fsp3) is 0.875. The Bertz CT molecular complexity index is 168. The van der Waals surface area contributed by atoms with Gasteiger partial charge in [-0.05, 0) is 12.8 Å². The second-order valence-electron chi connectivity index (χ2n) is 2.96. The van der Waals surface area contributed by atoms with Gasteiger partial charge in [-0.1, -0.05) is 13.3 Å². The first-order valence-electron chi connectivity index (χ1n) is 4.37. The Balaban J connectivity index is 3.56. The van der Waals surface area contributed by atoms with Crippen molar-refractivity contribution in [3.8, 4) is 0 Å². The molecule has 0 amide bonds. The second kappa shape index (κ2) is 6.38. The van der Waals surface area contributed by atoms with Crippen molar-refractivity contribution in [3.63, 3.8) is 0 Å². The number of rotatable bonds is 7. The fourth-order valence-electron chi connectivity index (χ4n) is 0.939. The van der Waals surface area contributed by atoms with E-state index in [0.717, 1.165) is 19.1 Å². The van der Waals surface area contributed by atoms with Gasteiger partial charge in [0, 0.05) is 18.7 Å². The van der Waals surface area contributed by atoms with E-state index in [2.05, 4.69) is 0 Å². The van der Waals surface area contributed by atoms with Crippen LogP contribution in [0.15, 0.2) is 0 Å². The molecule has 72 valence electrons. The Morgan fingerprint density at radius 2 is 1.92 bits per heavy atom. The first-order valence-corrected chi connectivity index (χ1v) is 6.40. The Labute approximate surface area is 73.6 Å². The molecule has 0 aliphatic heterocycles. The van der Waals surface area contributed by atoms with Crippen LogP contribution < -0.4 is 0 Å². The summed E-state index contributed by atoms with van der Waals surface area (Å²) < 4.78 is 11.3. The maximum absolute atomic E-state index is 11.3. The summed E-state index contributed by atoms with van der Waals surface area (Å²) in [5, 5.41) is 0. The highest BCUT2D eigenvalue weighted by atomic mass is 31.2. The van der Waals surface area contributed by atoms with Gasteiger partial charge < -0.3 is 9.69 Å². The summed E-state index contributed by atoms with van der Waals surface area (Å²) >= 11 is 0. The van der Waals surface area contributed by atoms with Gasteiger partial charge in [0.05, 0.1) is 0 Å². The third kappa shape index (κ3) is 6.56. The average Bonchev–Trinajstić information content (AvgIpc) is 2.01. The predicted octanol–water partition coefficient (Wildman–Crippen LogP) is 2.04. The van der Waals surface area contributed by atoms with E-state index in [9.17, 15) is 14.3 Å². The Hall–Kier alpha value is -0.140. The van der Waals surface area contributed by atoms with Crippen LogP contribution in [0, 0.1) is 0 Å². The van der Waals surface area contributed by atoms with E-state index < -0.39 is 7.37 Å². The molecule has 0 rings (SSSR count). The lowest BCUT2D eigenvalue weighted by atomic mass is 10.4. The summed E-state index contributed by atoms with van der Waals surface area (Å²) in [7, 11) is -2.90. The number of hydrogen-bond acceptors (Lipinski definition) is 2. The molecule has 0 bridgehead atoms. The molecule has 4 heteroatoms. The van der Waals surface area contributed by atoms with Gasteiger partial charge in [-0.15, -0.1) is 0 Å². The van der Waals surface area contributed by atoms with Crippen LogP contribution >= 0.6 is 7.37 Å². The Morgan fingerprint density at radius 3 is 2.42 bits per heavy atom. The third-order valence-electron chi connectivity index (χ3n) is 1.69. The summed E-state index contributed by atoms with van der Waals surface area (Å²) in [6, 6.07) is 0. The van der Waals surface area contributed by atoms with E-state index in [1.54, 1.807) is 0 Å². The van der Waals surface area contributed by atoms with E-state index in [4.69, 9.17) is 0 Å². The summed E-state index contributed by atoms with van der Waals surface area (Å²) in [5.41, 5.74) is 0. The standard InChI is InChI=1S/C8H17O3P/c1-2-3-7-12(10,11)8-5-4-6-9/h6H,2-5,7-8H2,1H3,(H,10,11). The molecule has 0 fully saturated rings. The van der Waals surface area contributed by atoms with Crippen LogP contribution in [-0.4, -0.2) is 23.5 Å². The average molecular weight is 192 g/mol. The van der Waals surface area contributed by atoms with E-state index in [0.29, 0.717) is 25.2 Å². The second-order valence-corrected chi connectivity index (χ2v) is 5.54. The molecule has 0 saturated heterocycles. The summed E-state index contributed by atoms with van der Waals surface area (Å²) in [6.45, 7) is 1.99. The Morgan fingerprint density at radius 1 is 1.33 bits per heavy atom. The zero-order chi connectivity index (χ0) is 9.45. The highest BCUT2D eigenvalue weighted by molar-refractivity contribution is 7.57. The molecular formula is C8H17O3P. The van der Waals surface area contributed by atoms with Gasteiger partial charge in [-0.2, -0.15) is 0 Å². The molecule has 0 aromatic rings. The van der Waals surface area contributed by atoms with Crippen LogP contribution in [0.4, 0.5) is 0 Å². The molecule has 0 saturated carbocycles. The number of hydrogen-bond donors (Lipinski definition) is 1. The number of carbonyl (C=O) groups excluding carboxylic acids is 1. The van der Waals surface area contributed by atoms with Crippen molar-refractivity contribution < 1.29 is 14.3 Å². The van der Waals surface area contributed by atoms with Gasteiger partial charge in [0.2, 0.25) is 7.37 Å². The maximum atomic E-state index is 11.3. The lowest BCUT2D eigenvalue weighted by molar-refractivity contribution is -0.107. The topological polar surface area (TPSA) is 54.4 Å². The van der Waals surface area contributed by atoms with Crippen molar-refractivity contribution in [1.82, 2.24) is 0 Å². The van der Waals surface area contributed by atoms with Crippen molar-refractivity contribution in [1.29, 1.82) is 0 Å². The summed E-state index contributed by atoms with van der Waals surface area (Å²) in [4.78, 5) is 19.2. The van der Waals surface area contributed by atoms with Gasteiger partial charge in [-0.25, -0.2) is 0 Å². The Kier molecular flexibility index (Phi) is 6.31. The highest BCUT2D eigenvalue weighted by Crippen LogP contribution is 2.42. The van der Waals surface area contributed by atoms with Crippen molar-refractivity contribution in [2.75, 3.05) is 12.3 Å². The lowest BCUT2D eigenvalue weighted by Gasteiger charge is -2.08. The van der Waals surface area contributed by atoms with Gasteiger partial charge in [0.1, 0.15) is 6.29 Å². The van der Waals surface area contributed by atoms with Crippen molar-refractivity contribution in [2.24, 2.45) is 0 Å². The van der Waals surface area contributed by atoms with Crippen LogP contribution in [0.3, 0.4) is 0 Å². The van der Waals surface area contributed by atoms with Gasteiger partial charge in [-0.3, -0.25) is 4.57 Å². The van der Waals surface area contributed by atoms with Crippen LogP contribution in [0.5, 0.6) is 0 Å². The van der Waals surface area contributed by atoms with Crippen LogP contribution in [-0.2, 0) is 9.36 Å². The molecule has 1 atom stereocenters. The van der Waals surface area contributed by atoms with E-state index in [1.165, 1.54) is 0 Å². The fourth-order valence-corrected chi connectivity index (χ4v) is 2.65. The van der Waals surface area contributed by atoms with Crippen molar-refractivity contribution in [2.45, 2.75) is 32.6 Å². The smallest absolute Gasteiger partial charge is 0.200 e. The minimum Gasteiger partial charge on any atom is -0.344 e. The highest BCUT2D eigenvalue weighted by Gasteiger charge is 2.15. The van der Waals surface area contributed by atoms with Crippen LogP contribution in [0.1, 0.15) is 32.6 Å². The molecule has 0 aromatic carbocycles. The number of aldehydes is 1. The van der Waals surface area contributed by atoms with Gasteiger partial charge in [0.25, 0.3) is 0 Å². The molecule has 1 N–H and O–H groups in total. The zero-order valence-electron chi connectivity index (χ0n) is 7.53. The van der Waals surface area contributed by atoms with Crippen LogP contribution in [0.25, 0.3) is 0 Å². The lowest BCUT2D eigenvalue weighted by Crippen LogP contribution is -1.95. The van der Waals surface area contributed by atoms with E-state index >= 15 is 0 Å². The first-order chi connectivity index (χ1) is 5.62. The predicted molar refractivity (Wildman–Crippen MR) is 49.8 cm³/mol. The molecule has 1 unspecified atom stereocenters. The maximum Gasteiger partial charge on any atom is 0.200 e. The molecule has 3 nitrogen and oxygen atoms in total. The van der Waals surface area contributed by atoms with Gasteiger partial charge >= 0.3 is 0 Å². The minimum atomic E-state index is -2.90. The van der Waals surface area contributed by atoms with Crippen molar-refractivity contribution in [3.05, 3.63) is 0 Å². The third-order valence-corrected chi connectivity index (χ3v) is 3.72. The monoisotopic (exact) mass is 192 g/mol. The van der Waals surface area contributed by atoms with Gasteiger partial charge in [0.15, 0.2) is 0 Å². The normalized spacial score (nSPS) is 15.5. The minimum absolute atomic E-state index is 0.297. The van der Waals surface area contributed by atoms with E-state index in [1.807, 2.05) is 6.92 Å². The largest absolute Gasteiger partial charge is 0.344 e. The SMILES string of the molecule is CCCCP(=O)(O)CCCC=O. The molecule has 0 aliphatic rings. The van der Waals surface area contributed by atoms with Crippen LogP contribution in [0.2, 0.25) is 0 Å². The van der Waals surface area contributed by atoms with E-state index in [-0.39, 0.29) is 0 Å². The molecular weight excluding hydrogens is 175 g/mol. The number of carbonyl (C=O) groups is 1. The van der Waals surface area contributed by atoms with Crippen molar-refractivity contribution >= 4 is 13.7 Å². The summed E-state index contributed by atoms with van der Waals surface area (Å²) in [5.74, 6) is 0. The molecule has 12 heavy (non-hydrogen) atoms. The zero-order valence-corrected chi connectivity index (χ0v) is 8.43. The molecule has 0 heterocycles. The molecule has 0 spiro atoms. The first kappa shape index (κ1) is 11.9.